The van der Waals surface area contributed by atoms with Crippen LogP contribution in [0.1, 0.15) is 58.3 Å². The minimum Gasteiger partial charge on any atom is -0.481 e. The van der Waals surface area contributed by atoms with Crippen molar-refractivity contribution >= 4 is 11.9 Å². The van der Waals surface area contributed by atoms with Crippen molar-refractivity contribution in [3.05, 3.63) is 0 Å². The van der Waals surface area contributed by atoms with E-state index in [9.17, 15) is 9.59 Å². The molecule has 1 saturated heterocycles. The van der Waals surface area contributed by atoms with E-state index in [0.29, 0.717) is 44.3 Å². The second-order valence-corrected chi connectivity index (χ2v) is 6.85. The van der Waals surface area contributed by atoms with Gasteiger partial charge in [-0.2, -0.15) is 0 Å². The van der Waals surface area contributed by atoms with Crippen LogP contribution in [0.25, 0.3) is 0 Å². The van der Waals surface area contributed by atoms with Crippen LogP contribution in [0.4, 0.5) is 0 Å². The molecule has 2 fully saturated rings. The molecule has 2 atom stereocenters. The Bertz CT molecular complexity index is 376. The minimum atomic E-state index is -0.858. The highest BCUT2D eigenvalue weighted by Crippen LogP contribution is 2.31. The number of hydrogen-bond acceptors (Lipinski definition) is 3. The van der Waals surface area contributed by atoms with Crippen LogP contribution in [-0.4, -0.2) is 35.7 Å². The van der Waals surface area contributed by atoms with Gasteiger partial charge in [0.15, 0.2) is 0 Å². The molecule has 2 aliphatic rings. The van der Waals surface area contributed by atoms with E-state index in [1.165, 1.54) is 12.8 Å². The van der Waals surface area contributed by atoms with Gasteiger partial charge in [0.25, 0.3) is 0 Å². The van der Waals surface area contributed by atoms with Crippen LogP contribution in [0.15, 0.2) is 0 Å². The van der Waals surface area contributed by atoms with Crippen LogP contribution in [-0.2, 0) is 14.3 Å². The lowest BCUT2D eigenvalue weighted by atomic mass is 9.80. The molecule has 2 N–H and O–H groups in total. The van der Waals surface area contributed by atoms with Crippen LogP contribution in [0.5, 0.6) is 0 Å². The smallest absolute Gasteiger partial charge is 0.305 e. The molecule has 0 aromatic heterocycles. The fourth-order valence-electron chi connectivity index (χ4n) is 3.75. The molecule has 2 unspecified atom stereocenters. The molecule has 0 aromatic rings. The maximum absolute atomic E-state index is 12.3. The topological polar surface area (TPSA) is 75.6 Å². The molecular weight excluding hydrogens is 270 g/mol. The van der Waals surface area contributed by atoms with Crippen LogP contribution >= 0.6 is 0 Å². The Kier molecular flexibility index (Phi) is 5.62. The largest absolute Gasteiger partial charge is 0.481 e. The minimum absolute atomic E-state index is 0.0107. The molecule has 5 heteroatoms. The van der Waals surface area contributed by atoms with E-state index in [4.69, 9.17) is 9.84 Å². The number of nitrogens with one attached hydrogen (secondary N) is 1. The molecule has 0 bridgehead atoms. The van der Waals surface area contributed by atoms with Crippen molar-refractivity contribution in [3.8, 4) is 0 Å². The summed E-state index contributed by atoms with van der Waals surface area (Å²) in [5, 5.41) is 12.1. The lowest BCUT2D eigenvalue weighted by Crippen LogP contribution is -2.53. The Morgan fingerprint density at radius 1 is 1.29 bits per heavy atom. The highest BCUT2D eigenvalue weighted by molar-refractivity contribution is 5.78. The van der Waals surface area contributed by atoms with Crippen molar-refractivity contribution in [1.29, 1.82) is 0 Å². The van der Waals surface area contributed by atoms with E-state index in [2.05, 4.69) is 12.2 Å². The molecule has 1 aliphatic carbocycles. The van der Waals surface area contributed by atoms with Gasteiger partial charge in [-0.3, -0.25) is 9.59 Å². The number of hydrogen-bond donors (Lipinski definition) is 2. The fourth-order valence-corrected chi connectivity index (χ4v) is 3.75. The van der Waals surface area contributed by atoms with Crippen LogP contribution in [0.2, 0.25) is 0 Å². The SMILES string of the molecule is CC1CCCC(CC(=O)NC2(CC(=O)O)CCOCC2)C1. The Labute approximate surface area is 126 Å². The maximum atomic E-state index is 12.3. The molecule has 1 heterocycles. The number of amides is 1. The number of carbonyl (C=O) groups excluding carboxylic acids is 1. The standard InChI is InChI=1S/C16H27NO4/c1-12-3-2-4-13(9-12)10-14(18)17-16(11-15(19)20)5-7-21-8-6-16/h12-13H,2-11H2,1H3,(H,17,18)(H,19,20). The van der Waals surface area contributed by atoms with Crippen molar-refractivity contribution in [2.24, 2.45) is 11.8 Å². The van der Waals surface area contributed by atoms with Crippen molar-refractivity contribution in [2.75, 3.05) is 13.2 Å². The van der Waals surface area contributed by atoms with E-state index >= 15 is 0 Å². The number of carboxylic acids is 1. The van der Waals surface area contributed by atoms with Crippen molar-refractivity contribution in [2.45, 2.75) is 63.8 Å². The maximum Gasteiger partial charge on any atom is 0.305 e. The molecule has 2 rings (SSSR count). The van der Waals surface area contributed by atoms with Crippen LogP contribution in [0.3, 0.4) is 0 Å². The zero-order valence-corrected chi connectivity index (χ0v) is 12.9. The highest BCUT2D eigenvalue weighted by atomic mass is 16.5. The Morgan fingerprint density at radius 2 is 2.00 bits per heavy atom. The summed E-state index contributed by atoms with van der Waals surface area (Å²) in [5.41, 5.74) is -0.610. The molecule has 1 saturated carbocycles. The van der Waals surface area contributed by atoms with Gasteiger partial charge in [-0.1, -0.05) is 19.8 Å². The molecule has 5 nitrogen and oxygen atoms in total. The number of carbonyl (C=O) groups is 2. The van der Waals surface area contributed by atoms with Gasteiger partial charge in [-0.25, -0.2) is 0 Å². The molecule has 0 radical (unpaired) electrons. The number of carboxylic acid groups (broad SMARTS) is 1. The third-order valence-electron chi connectivity index (χ3n) is 4.86. The summed E-state index contributed by atoms with van der Waals surface area (Å²) >= 11 is 0. The first-order valence-corrected chi connectivity index (χ1v) is 8.10. The summed E-state index contributed by atoms with van der Waals surface area (Å²) in [6.07, 6.45) is 6.40. The van der Waals surface area contributed by atoms with Gasteiger partial charge in [0.2, 0.25) is 5.91 Å². The first-order valence-electron chi connectivity index (χ1n) is 8.10. The highest BCUT2D eigenvalue weighted by Gasteiger charge is 2.36. The van der Waals surface area contributed by atoms with Crippen molar-refractivity contribution in [1.82, 2.24) is 5.32 Å². The second-order valence-electron chi connectivity index (χ2n) is 6.85. The summed E-state index contributed by atoms with van der Waals surface area (Å²) in [5.74, 6) is 0.309. The van der Waals surface area contributed by atoms with Gasteiger partial charge in [0, 0.05) is 19.6 Å². The average molecular weight is 297 g/mol. The van der Waals surface area contributed by atoms with E-state index in [1.807, 2.05) is 0 Å². The quantitative estimate of drug-likeness (QED) is 0.816. The molecule has 1 amide bonds. The van der Waals surface area contributed by atoms with E-state index < -0.39 is 11.5 Å². The molecule has 0 aromatic carbocycles. The van der Waals surface area contributed by atoms with Crippen molar-refractivity contribution < 1.29 is 19.4 Å². The van der Waals surface area contributed by atoms with Crippen LogP contribution < -0.4 is 5.32 Å². The number of rotatable bonds is 5. The summed E-state index contributed by atoms with van der Waals surface area (Å²) in [6.45, 7) is 3.29. The summed E-state index contributed by atoms with van der Waals surface area (Å²) in [7, 11) is 0. The van der Waals surface area contributed by atoms with Gasteiger partial charge in [-0.15, -0.1) is 0 Å². The lowest BCUT2D eigenvalue weighted by molar-refractivity contribution is -0.140. The molecule has 1 aliphatic heterocycles. The zero-order valence-electron chi connectivity index (χ0n) is 12.9. The van der Waals surface area contributed by atoms with Gasteiger partial charge in [0.1, 0.15) is 0 Å². The van der Waals surface area contributed by atoms with Gasteiger partial charge >= 0.3 is 5.97 Å². The van der Waals surface area contributed by atoms with Gasteiger partial charge in [-0.05, 0) is 37.5 Å². The number of ether oxygens (including phenoxy) is 1. The number of aliphatic carboxylic acids is 1. The van der Waals surface area contributed by atoms with Gasteiger partial charge in [0.05, 0.1) is 12.0 Å². The Hall–Kier alpha value is -1.10. The van der Waals surface area contributed by atoms with Crippen LogP contribution in [0, 0.1) is 11.8 Å². The fraction of sp³-hybridized carbons (Fsp3) is 0.875. The summed E-state index contributed by atoms with van der Waals surface area (Å²) < 4.78 is 5.31. The van der Waals surface area contributed by atoms with E-state index in [-0.39, 0.29) is 12.3 Å². The average Bonchev–Trinajstić information content (AvgIpc) is 2.38. The molecule has 21 heavy (non-hydrogen) atoms. The lowest BCUT2D eigenvalue weighted by Gasteiger charge is -2.37. The van der Waals surface area contributed by atoms with Gasteiger partial charge < -0.3 is 15.2 Å². The monoisotopic (exact) mass is 297 g/mol. The molecule has 120 valence electrons. The Morgan fingerprint density at radius 3 is 2.62 bits per heavy atom. The second kappa shape index (κ2) is 7.25. The molecule has 0 spiro atoms. The summed E-state index contributed by atoms with van der Waals surface area (Å²) in [6, 6.07) is 0. The predicted octanol–water partition coefficient (Wildman–Crippen LogP) is 2.34. The summed E-state index contributed by atoms with van der Waals surface area (Å²) in [4.78, 5) is 23.4. The Balaban J connectivity index is 1.89. The zero-order chi connectivity index (χ0) is 15.3. The predicted molar refractivity (Wildman–Crippen MR) is 78.9 cm³/mol. The first-order chi connectivity index (χ1) is 9.99. The van der Waals surface area contributed by atoms with Crippen molar-refractivity contribution in [3.63, 3.8) is 0 Å². The van der Waals surface area contributed by atoms with E-state index in [0.717, 1.165) is 12.8 Å². The molecular formula is C16H27NO4. The third kappa shape index (κ3) is 4.99. The van der Waals surface area contributed by atoms with E-state index in [1.54, 1.807) is 0 Å². The normalized spacial score (nSPS) is 28.8. The third-order valence-corrected chi connectivity index (χ3v) is 4.86. The first kappa shape index (κ1) is 16.3.